The van der Waals surface area contributed by atoms with E-state index in [0.717, 1.165) is 31.8 Å². The first-order valence-electron chi connectivity index (χ1n) is 6.80. The molecule has 0 radical (unpaired) electrons. The number of imidazole rings is 1. The summed E-state index contributed by atoms with van der Waals surface area (Å²) >= 11 is 0. The first kappa shape index (κ1) is 13.1. The lowest BCUT2D eigenvalue weighted by Gasteiger charge is -2.32. The maximum absolute atomic E-state index is 5.75. The molecule has 0 amide bonds. The molecule has 2 aromatic rings. The third kappa shape index (κ3) is 2.66. The molecule has 1 fully saturated rings. The quantitative estimate of drug-likeness (QED) is 0.726. The van der Waals surface area contributed by atoms with Crippen LogP contribution in [0.25, 0.3) is 11.2 Å². The number of aromatic amines is 1. The fraction of sp³-hybridized carbons (Fsp3) is 0.583. The number of nitrogens with one attached hydrogen (secondary N) is 2. The number of likely N-dealkylation sites (N-methyl/N-ethyl adjacent to an activating group) is 1. The van der Waals surface area contributed by atoms with Crippen LogP contribution in [0.1, 0.15) is 6.92 Å². The molecule has 20 heavy (non-hydrogen) atoms. The molecule has 4 N–H and O–H groups in total. The number of morpholine rings is 1. The molecule has 8 heteroatoms. The minimum atomic E-state index is 0.151. The molecule has 1 aliphatic rings. The van der Waals surface area contributed by atoms with Gasteiger partial charge in [0.15, 0.2) is 11.5 Å². The third-order valence-corrected chi connectivity index (χ3v) is 3.47. The van der Waals surface area contributed by atoms with E-state index in [1.54, 1.807) is 6.33 Å². The highest BCUT2D eigenvalue weighted by Gasteiger charge is 2.19. The lowest BCUT2D eigenvalue weighted by molar-refractivity contribution is -0.0192. The largest absolute Gasteiger partial charge is 0.374 e. The van der Waals surface area contributed by atoms with Crippen molar-refractivity contribution < 1.29 is 4.74 Å². The summed E-state index contributed by atoms with van der Waals surface area (Å²) in [6.45, 7) is 6.58. The summed E-state index contributed by atoms with van der Waals surface area (Å²) < 4.78 is 5.75. The molecule has 0 aliphatic carbocycles. The minimum Gasteiger partial charge on any atom is -0.374 e. The molecule has 1 saturated heterocycles. The summed E-state index contributed by atoms with van der Waals surface area (Å²) in [6, 6.07) is 0. The number of nitrogens with two attached hydrogens (primary N) is 1. The van der Waals surface area contributed by atoms with Crippen molar-refractivity contribution in [3.8, 4) is 0 Å². The Kier molecular flexibility index (Phi) is 3.66. The summed E-state index contributed by atoms with van der Waals surface area (Å²) in [5.41, 5.74) is 7.02. The zero-order chi connectivity index (χ0) is 13.9. The van der Waals surface area contributed by atoms with Crippen LogP contribution in [-0.4, -0.2) is 63.7 Å². The Balaban J connectivity index is 1.69. The van der Waals surface area contributed by atoms with Gasteiger partial charge in [-0.05, 0) is 6.54 Å². The van der Waals surface area contributed by atoms with Crippen molar-refractivity contribution in [2.75, 3.05) is 43.8 Å². The molecule has 3 rings (SSSR count). The van der Waals surface area contributed by atoms with Gasteiger partial charge in [-0.15, -0.1) is 0 Å². The molecule has 8 nitrogen and oxygen atoms in total. The molecule has 0 saturated carbocycles. The van der Waals surface area contributed by atoms with E-state index in [1.165, 1.54) is 0 Å². The van der Waals surface area contributed by atoms with Gasteiger partial charge >= 0.3 is 0 Å². The van der Waals surface area contributed by atoms with Crippen LogP contribution in [0.5, 0.6) is 0 Å². The number of hydrogen-bond acceptors (Lipinski definition) is 7. The normalized spacial score (nSPS) is 20.4. The number of anilines is 2. The van der Waals surface area contributed by atoms with Crippen molar-refractivity contribution in [3.63, 3.8) is 0 Å². The average Bonchev–Trinajstić information content (AvgIpc) is 2.93. The fourth-order valence-electron chi connectivity index (χ4n) is 2.38. The van der Waals surface area contributed by atoms with Gasteiger partial charge in [-0.3, -0.25) is 4.90 Å². The van der Waals surface area contributed by atoms with E-state index in [4.69, 9.17) is 10.5 Å². The second kappa shape index (κ2) is 5.59. The van der Waals surface area contributed by atoms with Gasteiger partial charge in [0.1, 0.15) is 5.52 Å². The van der Waals surface area contributed by atoms with Crippen molar-refractivity contribution in [3.05, 3.63) is 6.33 Å². The highest BCUT2D eigenvalue weighted by molar-refractivity contribution is 5.83. The van der Waals surface area contributed by atoms with E-state index < -0.39 is 0 Å². The second-order valence-corrected chi connectivity index (χ2v) is 4.80. The predicted octanol–water partition coefficient (Wildman–Crippen LogP) is 0.0677. The highest BCUT2D eigenvalue weighted by Crippen LogP contribution is 2.17. The van der Waals surface area contributed by atoms with E-state index >= 15 is 0 Å². The molecule has 0 spiro atoms. The minimum absolute atomic E-state index is 0.151. The maximum atomic E-state index is 5.75. The van der Waals surface area contributed by atoms with Crippen LogP contribution in [0, 0.1) is 0 Å². The molecule has 0 bridgehead atoms. The van der Waals surface area contributed by atoms with Crippen LogP contribution < -0.4 is 11.1 Å². The lowest BCUT2D eigenvalue weighted by atomic mass is 10.2. The number of aromatic nitrogens is 4. The van der Waals surface area contributed by atoms with Crippen molar-refractivity contribution in [2.24, 2.45) is 0 Å². The van der Waals surface area contributed by atoms with Crippen molar-refractivity contribution in [1.29, 1.82) is 0 Å². The topological polar surface area (TPSA) is 105 Å². The number of nitrogen functional groups attached to an aromatic ring is 1. The van der Waals surface area contributed by atoms with E-state index in [9.17, 15) is 0 Å². The predicted molar refractivity (Wildman–Crippen MR) is 76.4 cm³/mol. The van der Waals surface area contributed by atoms with Gasteiger partial charge in [0.25, 0.3) is 0 Å². The molecule has 2 aromatic heterocycles. The summed E-state index contributed by atoms with van der Waals surface area (Å²) in [5.74, 6) is 0.883. The van der Waals surface area contributed by atoms with Crippen LogP contribution in [0.3, 0.4) is 0 Å². The van der Waals surface area contributed by atoms with Gasteiger partial charge in [-0.1, -0.05) is 6.92 Å². The Bertz CT molecular complexity index is 584. The number of ether oxygens (including phenoxy) is 1. The monoisotopic (exact) mass is 277 g/mol. The van der Waals surface area contributed by atoms with E-state index in [-0.39, 0.29) is 12.1 Å². The van der Waals surface area contributed by atoms with Gasteiger partial charge in [0, 0.05) is 19.6 Å². The van der Waals surface area contributed by atoms with Gasteiger partial charge in [-0.2, -0.15) is 9.97 Å². The van der Waals surface area contributed by atoms with Crippen molar-refractivity contribution >= 4 is 22.9 Å². The Morgan fingerprint density at radius 2 is 2.45 bits per heavy atom. The molecular weight excluding hydrogens is 258 g/mol. The average molecular weight is 277 g/mol. The van der Waals surface area contributed by atoms with E-state index in [1.807, 2.05) is 0 Å². The molecular formula is C12H19N7O. The Morgan fingerprint density at radius 3 is 3.30 bits per heavy atom. The molecule has 0 aromatic carbocycles. The standard InChI is InChI=1S/C12H19N7O/c1-2-19-3-4-20-8(6-19)5-14-10-9-11(16-7-15-9)18-12(13)17-10/h7-8H,2-6H2,1H3,(H4,13,14,15,16,17,18). The van der Waals surface area contributed by atoms with Gasteiger partial charge in [0.05, 0.1) is 19.0 Å². The first-order valence-corrected chi connectivity index (χ1v) is 6.80. The summed E-state index contributed by atoms with van der Waals surface area (Å²) in [4.78, 5) is 17.8. The van der Waals surface area contributed by atoms with Crippen LogP contribution in [0.4, 0.5) is 11.8 Å². The number of hydrogen-bond donors (Lipinski definition) is 3. The Hall–Kier alpha value is -1.93. The van der Waals surface area contributed by atoms with E-state index in [2.05, 4.69) is 37.1 Å². The van der Waals surface area contributed by atoms with Gasteiger partial charge < -0.3 is 20.8 Å². The molecule has 3 heterocycles. The van der Waals surface area contributed by atoms with Crippen LogP contribution in [-0.2, 0) is 4.74 Å². The SMILES string of the molecule is CCN1CCOC(CNc2nc(N)nc3nc[nH]c23)C1. The maximum Gasteiger partial charge on any atom is 0.224 e. The van der Waals surface area contributed by atoms with E-state index in [0.29, 0.717) is 18.0 Å². The van der Waals surface area contributed by atoms with Crippen LogP contribution in [0.15, 0.2) is 6.33 Å². The van der Waals surface area contributed by atoms with Crippen molar-refractivity contribution in [2.45, 2.75) is 13.0 Å². The first-order chi connectivity index (χ1) is 9.76. The fourth-order valence-corrected chi connectivity index (χ4v) is 2.38. The number of fused-ring (bicyclic) bond motifs is 1. The smallest absolute Gasteiger partial charge is 0.224 e. The Labute approximate surface area is 116 Å². The number of rotatable bonds is 4. The lowest BCUT2D eigenvalue weighted by Crippen LogP contribution is -2.45. The summed E-state index contributed by atoms with van der Waals surface area (Å²) in [5, 5.41) is 3.27. The number of nitrogens with zero attached hydrogens (tertiary/aromatic N) is 4. The highest BCUT2D eigenvalue weighted by atomic mass is 16.5. The third-order valence-electron chi connectivity index (χ3n) is 3.47. The van der Waals surface area contributed by atoms with Crippen LogP contribution >= 0.6 is 0 Å². The van der Waals surface area contributed by atoms with Crippen LogP contribution in [0.2, 0.25) is 0 Å². The molecule has 1 unspecified atom stereocenters. The second-order valence-electron chi connectivity index (χ2n) is 4.80. The molecule has 1 aliphatic heterocycles. The zero-order valence-corrected chi connectivity index (χ0v) is 11.5. The molecule has 1 atom stereocenters. The molecule has 108 valence electrons. The van der Waals surface area contributed by atoms with Crippen molar-refractivity contribution in [1.82, 2.24) is 24.8 Å². The van der Waals surface area contributed by atoms with Gasteiger partial charge in [-0.25, -0.2) is 4.98 Å². The number of H-pyrrole nitrogens is 1. The van der Waals surface area contributed by atoms with Gasteiger partial charge in [0.2, 0.25) is 5.95 Å². The zero-order valence-electron chi connectivity index (χ0n) is 11.5. The summed E-state index contributed by atoms with van der Waals surface area (Å²) in [7, 11) is 0. The summed E-state index contributed by atoms with van der Waals surface area (Å²) in [6.07, 6.45) is 1.73. The Morgan fingerprint density at radius 1 is 1.55 bits per heavy atom.